The van der Waals surface area contributed by atoms with Crippen LogP contribution in [0.1, 0.15) is 42.3 Å². The fraction of sp³-hybridized carbons (Fsp3) is 0.333. The molecule has 152 valence electrons. The first-order valence-corrected chi connectivity index (χ1v) is 8.99. The van der Waals surface area contributed by atoms with Crippen LogP contribution in [0.4, 0.5) is 4.39 Å². The van der Waals surface area contributed by atoms with Gasteiger partial charge in [-0.25, -0.2) is 9.38 Å². The molecule has 5 nitrogen and oxygen atoms in total. The van der Waals surface area contributed by atoms with Crippen molar-refractivity contribution in [2.24, 2.45) is 10.7 Å². The minimum atomic E-state index is -0.456. The van der Waals surface area contributed by atoms with E-state index in [0.29, 0.717) is 31.2 Å². The van der Waals surface area contributed by atoms with Crippen molar-refractivity contribution >= 4 is 35.8 Å². The second-order valence-corrected chi connectivity index (χ2v) is 7.01. The van der Waals surface area contributed by atoms with Crippen LogP contribution in [-0.4, -0.2) is 25.0 Å². The van der Waals surface area contributed by atoms with E-state index >= 15 is 0 Å². The molecule has 0 saturated carbocycles. The van der Waals surface area contributed by atoms with E-state index in [0.717, 1.165) is 11.1 Å². The number of carbonyl (C=O) groups excluding carboxylic acids is 1. The molecule has 0 bridgehead atoms. The van der Waals surface area contributed by atoms with Gasteiger partial charge in [0.15, 0.2) is 5.96 Å². The molecule has 0 aliphatic heterocycles. The van der Waals surface area contributed by atoms with Crippen LogP contribution < -0.4 is 16.4 Å². The van der Waals surface area contributed by atoms with Gasteiger partial charge < -0.3 is 16.4 Å². The molecule has 0 aliphatic carbocycles. The minimum absolute atomic E-state index is 0. The number of nitrogens with one attached hydrogen (secondary N) is 2. The van der Waals surface area contributed by atoms with E-state index in [1.807, 2.05) is 19.1 Å². The molecule has 7 heteroatoms. The van der Waals surface area contributed by atoms with Crippen LogP contribution in [-0.2, 0) is 12.0 Å². The largest absolute Gasteiger partial charge is 0.366 e. The first-order chi connectivity index (χ1) is 12.8. The highest BCUT2D eigenvalue weighted by molar-refractivity contribution is 14.0. The molecule has 1 amide bonds. The Hall–Kier alpha value is -2.16. The molecule has 0 heterocycles. The lowest BCUT2D eigenvalue weighted by Gasteiger charge is -2.27. The van der Waals surface area contributed by atoms with E-state index in [9.17, 15) is 9.18 Å². The fourth-order valence-electron chi connectivity index (χ4n) is 2.65. The van der Waals surface area contributed by atoms with Crippen LogP contribution in [0.2, 0.25) is 0 Å². The monoisotopic (exact) mass is 498 g/mol. The van der Waals surface area contributed by atoms with Crippen molar-refractivity contribution in [3.05, 3.63) is 71.0 Å². The second-order valence-electron chi connectivity index (χ2n) is 7.01. The van der Waals surface area contributed by atoms with Gasteiger partial charge in [0.05, 0.1) is 6.54 Å². The van der Waals surface area contributed by atoms with Gasteiger partial charge in [-0.3, -0.25) is 4.79 Å². The number of amides is 1. The zero-order valence-electron chi connectivity index (χ0n) is 16.5. The summed E-state index contributed by atoms with van der Waals surface area (Å²) in [5, 5.41) is 6.51. The Kier molecular flexibility index (Phi) is 9.37. The maximum absolute atomic E-state index is 13.5. The molecule has 0 atom stereocenters. The summed E-state index contributed by atoms with van der Waals surface area (Å²) >= 11 is 0. The summed E-state index contributed by atoms with van der Waals surface area (Å²) in [7, 11) is 0. The molecule has 4 N–H and O–H groups in total. The maximum Gasteiger partial charge on any atom is 0.248 e. The lowest BCUT2D eigenvalue weighted by Crippen LogP contribution is -2.43. The highest BCUT2D eigenvalue weighted by Gasteiger charge is 2.21. The average molecular weight is 498 g/mol. The van der Waals surface area contributed by atoms with E-state index in [1.54, 1.807) is 30.3 Å². The third-order valence-electron chi connectivity index (χ3n) is 4.28. The molecule has 0 spiro atoms. The quantitative estimate of drug-likeness (QED) is 0.310. The predicted molar refractivity (Wildman–Crippen MR) is 123 cm³/mol. The Balaban J connectivity index is 0.00000392. The van der Waals surface area contributed by atoms with Crippen molar-refractivity contribution in [2.75, 3.05) is 13.1 Å². The first-order valence-electron chi connectivity index (χ1n) is 8.99. The molecule has 2 aromatic carbocycles. The van der Waals surface area contributed by atoms with Crippen molar-refractivity contribution in [1.82, 2.24) is 10.6 Å². The zero-order chi connectivity index (χ0) is 19.9. The van der Waals surface area contributed by atoms with Gasteiger partial charge in [-0.05, 0) is 42.3 Å². The highest BCUT2D eigenvalue weighted by atomic mass is 127. The number of hydrogen-bond acceptors (Lipinski definition) is 2. The number of rotatable bonds is 7. The summed E-state index contributed by atoms with van der Waals surface area (Å²) in [5.41, 5.74) is 7.33. The number of aliphatic imine (C=N–C) groups is 1. The summed E-state index contributed by atoms with van der Waals surface area (Å²) in [4.78, 5) is 15.9. The van der Waals surface area contributed by atoms with Gasteiger partial charge in [-0.2, -0.15) is 0 Å². The van der Waals surface area contributed by atoms with Crippen LogP contribution in [0, 0.1) is 5.82 Å². The van der Waals surface area contributed by atoms with Gasteiger partial charge >= 0.3 is 0 Å². The van der Waals surface area contributed by atoms with Crippen molar-refractivity contribution in [1.29, 1.82) is 0 Å². The van der Waals surface area contributed by atoms with Crippen LogP contribution in [0.15, 0.2) is 53.5 Å². The molecule has 0 fully saturated rings. The highest BCUT2D eigenvalue weighted by Crippen LogP contribution is 2.22. The van der Waals surface area contributed by atoms with Gasteiger partial charge in [0.1, 0.15) is 5.82 Å². The number of nitrogens with two attached hydrogens (primary N) is 1. The van der Waals surface area contributed by atoms with Gasteiger partial charge in [0.2, 0.25) is 5.91 Å². The van der Waals surface area contributed by atoms with Gasteiger partial charge in [-0.15, -0.1) is 24.0 Å². The SMILES string of the molecule is CCNC(=NCc1cccc(C(N)=O)c1)NCC(C)(C)c1cccc(F)c1.I. The number of benzene rings is 2. The minimum Gasteiger partial charge on any atom is -0.366 e. The summed E-state index contributed by atoms with van der Waals surface area (Å²) < 4.78 is 13.5. The molecule has 0 aromatic heterocycles. The molecule has 0 unspecified atom stereocenters. The van der Waals surface area contributed by atoms with Crippen LogP contribution >= 0.6 is 24.0 Å². The number of nitrogens with zero attached hydrogens (tertiary/aromatic N) is 1. The van der Waals surface area contributed by atoms with E-state index in [-0.39, 0.29) is 35.2 Å². The smallest absolute Gasteiger partial charge is 0.248 e. The van der Waals surface area contributed by atoms with Crippen molar-refractivity contribution in [2.45, 2.75) is 32.7 Å². The Labute approximate surface area is 183 Å². The predicted octanol–water partition coefficient (Wildman–Crippen LogP) is 3.58. The number of guanidine groups is 1. The molecule has 0 radical (unpaired) electrons. The normalized spacial score (nSPS) is 11.5. The lowest BCUT2D eigenvalue weighted by atomic mass is 9.84. The zero-order valence-corrected chi connectivity index (χ0v) is 18.8. The number of hydrogen-bond donors (Lipinski definition) is 3. The molecule has 0 saturated heterocycles. The summed E-state index contributed by atoms with van der Waals surface area (Å²) in [6, 6.07) is 13.8. The molecule has 2 rings (SSSR count). The van der Waals surface area contributed by atoms with Crippen LogP contribution in [0.25, 0.3) is 0 Å². The van der Waals surface area contributed by atoms with Crippen LogP contribution in [0.3, 0.4) is 0 Å². The summed E-state index contributed by atoms with van der Waals surface area (Å²) in [6.45, 7) is 7.81. The first kappa shape index (κ1) is 23.9. The maximum atomic E-state index is 13.5. The molecular formula is C21H28FIN4O. The lowest BCUT2D eigenvalue weighted by molar-refractivity contribution is 0.1000. The van der Waals surface area contributed by atoms with Crippen molar-refractivity contribution in [3.8, 4) is 0 Å². The third kappa shape index (κ3) is 7.10. The topological polar surface area (TPSA) is 79.5 Å². The van der Waals surface area contributed by atoms with Crippen molar-refractivity contribution < 1.29 is 9.18 Å². The standard InChI is InChI=1S/C21H27FN4O.HI/c1-4-24-20(25-13-15-7-5-8-16(11-15)19(23)27)26-14-21(2,3)17-9-6-10-18(22)12-17;/h5-12H,4,13-14H2,1-3H3,(H2,23,27)(H2,24,25,26);1H. The average Bonchev–Trinajstić information content (AvgIpc) is 2.64. The Morgan fingerprint density at radius 2 is 1.86 bits per heavy atom. The van der Waals surface area contributed by atoms with Gasteiger partial charge in [0.25, 0.3) is 0 Å². The van der Waals surface area contributed by atoms with E-state index in [4.69, 9.17) is 5.73 Å². The third-order valence-corrected chi connectivity index (χ3v) is 4.28. The van der Waals surface area contributed by atoms with Crippen molar-refractivity contribution in [3.63, 3.8) is 0 Å². The number of halogens is 2. The Morgan fingerprint density at radius 1 is 1.14 bits per heavy atom. The van der Waals surface area contributed by atoms with E-state index < -0.39 is 5.91 Å². The second kappa shape index (κ2) is 11.0. The molecule has 2 aromatic rings. The molecular weight excluding hydrogens is 470 g/mol. The van der Waals surface area contributed by atoms with Crippen LogP contribution in [0.5, 0.6) is 0 Å². The van der Waals surface area contributed by atoms with E-state index in [2.05, 4.69) is 29.5 Å². The summed E-state index contributed by atoms with van der Waals surface area (Å²) in [6.07, 6.45) is 0. The van der Waals surface area contributed by atoms with Gasteiger partial charge in [0, 0.05) is 24.1 Å². The number of carbonyl (C=O) groups is 1. The van der Waals surface area contributed by atoms with E-state index in [1.165, 1.54) is 6.07 Å². The van der Waals surface area contributed by atoms with Gasteiger partial charge in [-0.1, -0.05) is 38.1 Å². The molecule has 0 aliphatic rings. The Morgan fingerprint density at radius 3 is 2.50 bits per heavy atom. The Bertz CT molecular complexity index is 824. The summed E-state index contributed by atoms with van der Waals surface area (Å²) in [5.74, 6) is -0.0374. The number of primary amides is 1. The molecule has 28 heavy (non-hydrogen) atoms. The fourth-order valence-corrected chi connectivity index (χ4v) is 2.65.